The van der Waals surface area contributed by atoms with Crippen LogP contribution in [0.4, 0.5) is 27.5 Å². The van der Waals surface area contributed by atoms with Gasteiger partial charge in [-0.1, -0.05) is 23.7 Å². The fourth-order valence-electron chi connectivity index (χ4n) is 5.37. The molecular weight excluding hydrogens is 616 g/mol. The van der Waals surface area contributed by atoms with Gasteiger partial charge >= 0.3 is 6.09 Å². The number of likely N-dealkylation sites (N-methyl/N-ethyl adjacent to an activating group) is 1. The first-order valence-corrected chi connectivity index (χ1v) is 14.8. The van der Waals surface area contributed by atoms with Gasteiger partial charge in [-0.3, -0.25) is 25.2 Å². The van der Waals surface area contributed by atoms with Gasteiger partial charge in [0.25, 0.3) is 11.8 Å². The minimum Gasteiger partial charge on any atom is -0.496 e. The Morgan fingerprint density at radius 2 is 1.72 bits per heavy atom. The van der Waals surface area contributed by atoms with Gasteiger partial charge in [0, 0.05) is 50.0 Å². The highest BCUT2D eigenvalue weighted by Crippen LogP contribution is 2.36. The van der Waals surface area contributed by atoms with E-state index in [2.05, 4.69) is 10.8 Å². The van der Waals surface area contributed by atoms with E-state index in [1.165, 1.54) is 23.1 Å². The van der Waals surface area contributed by atoms with Gasteiger partial charge < -0.3 is 35.3 Å². The summed E-state index contributed by atoms with van der Waals surface area (Å²) in [6.45, 7) is 2.26. The third-order valence-electron chi connectivity index (χ3n) is 7.77. The van der Waals surface area contributed by atoms with Gasteiger partial charge in [0.15, 0.2) is 0 Å². The number of nitrogens with two attached hydrogens (primary N) is 2. The molecule has 7 N–H and O–H groups in total. The number of halogens is 1. The number of hydrogen-bond acceptors (Lipinski definition) is 11. The zero-order valence-electron chi connectivity index (χ0n) is 25.3. The van der Waals surface area contributed by atoms with Gasteiger partial charge in [0.05, 0.1) is 41.4 Å². The van der Waals surface area contributed by atoms with Crippen molar-refractivity contribution in [1.29, 1.82) is 0 Å². The van der Waals surface area contributed by atoms with E-state index in [4.69, 9.17) is 32.7 Å². The first-order chi connectivity index (χ1) is 22.1. The molecule has 0 aliphatic carbocycles. The first kappa shape index (κ1) is 32.2. The Labute approximate surface area is 270 Å². The summed E-state index contributed by atoms with van der Waals surface area (Å²) in [4.78, 5) is 43.7. The molecule has 3 aromatic carbocycles. The molecule has 242 valence electrons. The molecule has 0 spiro atoms. The lowest BCUT2D eigenvalue weighted by atomic mass is 10.1. The van der Waals surface area contributed by atoms with Crippen LogP contribution in [0.1, 0.15) is 15.9 Å². The van der Waals surface area contributed by atoms with Crippen LogP contribution in [0.2, 0.25) is 5.02 Å². The Bertz CT molecular complexity index is 1660. The molecule has 2 heterocycles. The average molecular weight is 651 g/mol. The van der Waals surface area contributed by atoms with E-state index in [1.54, 1.807) is 66.5 Å². The van der Waals surface area contributed by atoms with Crippen LogP contribution in [0.15, 0.2) is 66.4 Å². The average Bonchev–Trinajstić information content (AvgIpc) is 3.50. The van der Waals surface area contributed by atoms with Crippen molar-refractivity contribution in [2.45, 2.75) is 0 Å². The fraction of sp³-hybridized carbons (Fsp3) is 0.258. The van der Waals surface area contributed by atoms with Crippen molar-refractivity contribution >= 4 is 58.0 Å². The van der Waals surface area contributed by atoms with Gasteiger partial charge in [0.2, 0.25) is 0 Å². The Morgan fingerprint density at radius 1 is 1.02 bits per heavy atom. The molecule has 46 heavy (non-hydrogen) atoms. The van der Waals surface area contributed by atoms with Crippen LogP contribution in [0.3, 0.4) is 0 Å². The summed E-state index contributed by atoms with van der Waals surface area (Å²) in [7, 11) is 3.08. The molecule has 5 rings (SSSR count). The van der Waals surface area contributed by atoms with E-state index in [0.29, 0.717) is 72.6 Å². The van der Waals surface area contributed by atoms with Crippen LogP contribution < -0.4 is 36.9 Å². The van der Waals surface area contributed by atoms with Crippen LogP contribution in [-0.2, 0) is 9.53 Å². The van der Waals surface area contributed by atoms with Crippen molar-refractivity contribution in [2.24, 2.45) is 11.6 Å². The maximum absolute atomic E-state index is 13.6. The highest BCUT2D eigenvalue weighted by atomic mass is 35.5. The van der Waals surface area contributed by atoms with Crippen LogP contribution in [0.25, 0.3) is 5.70 Å². The number of amides is 3. The molecule has 0 atom stereocenters. The summed E-state index contributed by atoms with van der Waals surface area (Å²) < 4.78 is 10.4. The summed E-state index contributed by atoms with van der Waals surface area (Å²) in [5, 5.41) is 14.1. The molecule has 0 aromatic heterocycles. The van der Waals surface area contributed by atoms with Gasteiger partial charge in [0.1, 0.15) is 18.1 Å². The predicted octanol–water partition coefficient (Wildman–Crippen LogP) is 3.14. The molecule has 2 fully saturated rings. The Balaban J connectivity index is 1.30. The number of carbonyl (C=O) groups excluding carboxylic acids is 3. The number of methoxy groups -OCH3 is 1. The summed E-state index contributed by atoms with van der Waals surface area (Å²) in [6, 6.07) is 16.8. The van der Waals surface area contributed by atoms with Gasteiger partial charge in [-0.15, -0.1) is 0 Å². The minimum absolute atomic E-state index is 0.132. The summed E-state index contributed by atoms with van der Waals surface area (Å²) in [5.41, 5.74) is 11.4. The van der Waals surface area contributed by atoms with Crippen molar-refractivity contribution < 1.29 is 29.1 Å². The molecule has 2 aliphatic rings. The van der Waals surface area contributed by atoms with E-state index < -0.39 is 12.0 Å². The molecule has 0 unspecified atom stereocenters. The molecule has 3 amide bonds. The first-order valence-electron chi connectivity index (χ1n) is 14.4. The lowest BCUT2D eigenvalue weighted by Gasteiger charge is -2.37. The zero-order valence-corrected chi connectivity index (χ0v) is 26.1. The predicted molar refractivity (Wildman–Crippen MR) is 175 cm³/mol. The standard InChI is InChI=1S/C31H35ClN8O6/c1-37(34)28(27(33)21-5-3-4-6-26(21)45-2)30(42)39-13-11-38(12-14-39)25-18-23(24(36-44)17-22(25)32)35-29(41)19-7-9-20(10-8-19)40-15-16-46-31(40)43/h3-10,17-18,36,44H,11-16,33-34H2,1-2H3,(H,35,41)/b28-27-. The Morgan fingerprint density at radius 3 is 2.33 bits per heavy atom. The number of hydrazine groups is 1. The van der Waals surface area contributed by atoms with Crippen molar-refractivity contribution in [2.75, 3.05) is 74.1 Å². The van der Waals surface area contributed by atoms with Crippen molar-refractivity contribution in [3.05, 3.63) is 82.5 Å². The van der Waals surface area contributed by atoms with E-state index in [-0.39, 0.29) is 28.7 Å². The number of cyclic esters (lactones) is 1. The monoisotopic (exact) mass is 650 g/mol. The van der Waals surface area contributed by atoms with Gasteiger partial charge in [-0.2, -0.15) is 0 Å². The summed E-state index contributed by atoms with van der Waals surface area (Å²) in [6.07, 6.45) is -0.435. The topological polar surface area (TPSA) is 179 Å². The maximum Gasteiger partial charge on any atom is 0.414 e. The Kier molecular flexibility index (Phi) is 9.70. The number of nitrogens with zero attached hydrogens (tertiary/aromatic N) is 4. The third kappa shape index (κ3) is 6.59. The number of benzene rings is 3. The smallest absolute Gasteiger partial charge is 0.414 e. The number of carbonyl (C=O) groups is 3. The number of para-hydroxylation sites is 1. The van der Waals surface area contributed by atoms with Crippen LogP contribution in [-0.4, -0.2) is 86.5 Å². The summed E-state index contributed by atoms with van der Waals surface area (Å²) in [5.74, 6) is 5.82. The third-order valence-corrected chi connectivity index (χ3v) is 8.08. The van der Waals surface area contributed by atoms with Gasteiger partial charge in [-0.25, -0.2) is 10.6 Å². The number of anilines is 4. The largest absolute Gasteiger partial charge is 0.496 e. The summed E-state index contributed by atoms with van der Waals surface area (Å²) >= 11 is 6.60. The van der Waals surface area contributed by atoms with Crippen molar-refractivity contribution in [3.8, 4) is 5.75 Å². The van der Waals surface area contributed by atoms with E-state index in [1.807, 2.05) is 4.90 Å². The minimum atomic E-state index is -0.436. The second kappa shape index (κ2) is 13.9. The normalized spacial score (nSPS) is 15.2. The maximum atomic E-state index is 13.6. The zero-order chi connectivity index (χ0) is 33.0. The molecule has 2 saturated heterocycles. The van der Waals surface area contributed by atoms with E-state index in [0.717, 1.165) is 0 Å². The second-order valence-corrected chi connectivity index (χ2v) is 11.0. The van der Waals surface area contributed by atoms with Crippen molar-refractivity contribution in [3.63, 3.8) is 0 Å². The van der Waals surface area contributed by atoms with Crippen molar-refractivity contribution in [1.82, 2.24) is 9.91 Å². The number of hydrogen-bond donors (Lipinski definition) is 5. The number of rotatable bonds is 9. The number of piperazine rings is 1. The highest BCUT2D eigenvalue weighted by molar-refractivity contribution is 6.34. The molecule has 0 saturated carbocycles. The van der Waals surface area contributed by atoms with E-state index >= 15 is 0 Å². The SMILES string of the molecule is COc1ccccc1/C(N)=C(\C(=O)N1CCN(c2cc(NC(=O)c3ccc(N4CCOC4=O)cc3)c(NO)cc2Cl)CC1)N(C)N. The highest BCUT2D eigenvalue weighted by Gasteiger charge is 2.29. The molecule has 14 nitrogen and oxygen atoms in total. The number of ether oxygens (including phenoxy) is 2. The quantitative estimate of drug-likeness (QED) is 0.130. The fourth-order valence-corrected chi connectivity index (χ4v) is 5.65. The lowest BCUT2D eigenvalue weighted by Crippen LogP contribution is -2.51. The lowest BCUT2D eigenvalue weighted by molar-refractivity contribution is -0.128. The van der Waals surface area contributed by atoms with E-state index in [9.17, 15) is 19.6 Å². The second-order valence-electron chi connectivity index (χ2n) is 10.6. The molecule has 0 bridgehead atoms. The molecule has 2 aliphatic heterocycles. The Hall–Kier alpha value is -5.18. The van der Waals surface area contributed by atoms with Gasteiger partial charge in [-0.05, 0) is 48.5 Å². The molecular formula is C31H35ClN8O6. The molecule has 0 radical (unpaired) electrons. The molecule has 15 heteroatoms. The van der Waals surface area contributed by atoms with Crippen LogP contribution in [0, 0.1) is 0 Å². The molecule has 3 aromatic rings. The van der Waals surface area contributed by atoms with Crippen LogP contribution in [0.5, 0.6) is 5.75 Å². The number of nitrogens with one attached hydrogen (secondary N) is 2. The van der Waals surface area contributed by atoms with Crippen LogP contribution >= 0.6 is 11.6 Å².